The summed E-state index contributed by atoms with van der Waals surface area (Å²) in [6.07, 6.45) is 11.5. The molecule has 4 rings (SSSR count). The monoisotopic (exact) mass is 330 g/mol. The molecule has 0 aromatic carbocycles. The van der Waals surface area contributed by atoms with E-state index >= 15 is 0 Å². The van der Waals surface area contributed by atoms with Gasteiger partial charge < -0.3 is 5.11 Å². The van der Waals surface area contributed by atoms with Gasteiger partial charge in [-0.2, -0.15) is 0 Å². The van der Waals surface area contributed by atoms with Gasteiger partial charge in [0.2, 0.25) is 0 Å². The third kappa shape index (κ3) is 2.36. The zero-order valence-electron chi connectivity index (χ0n) is 16.0. The average molecular weight is 331 g/mol. The van der Waals surface area contributed by atoms with Crippen LogP contribution < -0.4 is 0 Å². The summed E-state index contributed by atoms with van der Waals surface area (Å²) < 4.78 is 0. The van der Waals surface area contributed by atoms with Gasteiger partial charge in [-0.3, -0.25) is 4.79 Å². The van der Waals surface area contributed by atoms with Crippen LogP contribution in [0.2, 0.25) is 0 Å². The number of carbonyl (C=O) groups is 1. The van der Waals surface area contributed by atoms with Gasteiger partial charge in [-0.25, -0.2) is 0 Å². The molecule has 4 aliphatic rings. The van der Waals surface area contributed by atoms with E-state index in [1.54, 1.807) is 6.08 Å². The van der Waals surface area contributed by atoms with Crippen LogP contribution in [0.15, 0.2) is 23.8 Å². The SMILES string of the molecule is CC.C[C@H]1CC2C(CCC3(C)C(O)CCC23)C2(C)C=CC(=O)C=C12. The Kier molecular flexibility index (Phi) is 4.57. The molecule has 0 radical (unpaired) electrons. The topological polar surface area (TPSA) is 37.3 Å². The second-order valence-corrected chi connectivity index (χ2v) is 8.77. The van der Waals surface area contributed by atoms with Crippen LogP contribution in [0.1, 0.15) is 66.7 Å². The fourth-order valence-electron chi connectivity index (χ4n) is 6.59. The summed E-state index contributed by atoms with van der Waals surface area (Å²) in [6, 6.07) is 0. The lowest BCUT2D eigenvalue weighted by molar-refractivity contribution is -0.111. The molecule has 0 aliphatic heterocycles. The minimum absolute atomic E-state index is 0.0606. The van der Waals surface area contributed by atoms with Crippen molar-refractivity contribution in [3.8, 4) is 0 Å². The van der Waals surface area contributed by atoms with Gasteiger partial charge in [-0.1, -0.05) is 46.3 Å². The van der Waals surface area contributed by atoms with E-state index in [-0.39, 0.29) is 22.7 Å². The molecule has 134 valence electrons. The maximum atomic E-state index is 11.8. The number of hydrogen-bond acceptors (Lipinski definition) is 2. The van der Waals surface area contributed by atoms with Gasteiger partial charge in [-0.05, 0) is 73.3 Å². The maximum absolute atomic E-state index is 11.8. The van der Waals surface area contributed by atoms with E-state index < -0.39 is 0 Å². The van der Waals surface area contributed by atoms with E-state index in [1.165, 1.54) is 24.8 Å². The summed E-state index contributed by atoms with van der Waals surface area (Å²) >= 11 is 0. The summed E-state index contributed by atoms with van der Waals surface area (Å²) in [5.41, 5.74) is 1.56. The minimum atomic E-state index is -0.109. The first-order chi connectivity index (χ1) is 11.4. The average Bonchev–Trinajstić information content (AvgIpc) is 2.87. The third-order valence-electron chi connectivity index (χ3n) is 7.83. The minimum Gasteiger partial charge on any atom is -0.393 e. The van der Waals surface area contributed by atoms with Crippen molar-refractivity contribution in [1.29, 1.82) is 0 Å². The van der Waals surface area contributed by atoms with Crippen LogP contribution in [0.25, 0.3) is 0 Å². The molecule has 6 unspecified atom stereocenters. The maximum Gasteiger partial charge on any atom is 0.178 e. The van der Waals surface area contributed by atoms with E-state index in [9.17, 15) is 9.90 Å². The number of aliphatic hydroxyl groups is 1. The highest BCUT2D eigenvalue weighted by Crippen LogP contribution is 2.65. The van der Waals surface area contributed by atoms with Crippen LogP contribution in [0.4, 0.5) is 0 Å². The number of allylic oxidation sites excluding steroid dienone is 4. The number of carbonyl (C=O) groups excluding carboxylic acids is 1. The van der Waals surface area contributed by atoms with Crippen molar-refractivity contribution in [2.24, 2.45) is 34.5 Å². The van der Waals surface area contributed by atoms with E-state index in [4.69, 9.17) is 0 Å². The van der Waals surface area contributed by atoms with Crippen molar-refractivity contribution in [3.05, 3.63) is 23.8 Å². The number of ketones is 1. The molecule has 0 heterocycles. The fourth-order valence-corrected chi connectivity index (χ4v) is 6.59. The highest BCUT2D eigenvalue weighted by molar-refractivity contribution is 6.01. The van der Waals surface area contributed by atoms with E-state index in [2.05, 4.69) is 26.8 Å². The van der Waals surface area contributed by atoms with Crippen LogP contribution in [-0.2, 0) is 4.79 Å². The first-order valence-corrected chi connectivity index (χ1v) is 9.99. The van der Waals surface area contributed by atoms with Crippen molar-refractivity contribution in [2.75, 3.05) is 0 Å². The fraction of sp³-hybridized carbons (Fsp3) is 0.773. The van der Waals surface area contributed by atoms with Crippen LogP contribution in [0.5, 0.6) is 0 Å². The molecule has 7 atom stereocenters. The highest BCUT2D eigenvalue weighted by atomic mass is 16.3. The molecule has 0 amide bonds. The first-order valence-electron chi connectivity index (χ1n) is 9.99. The van der Waals surface area contributed by atoms with Gasteiger partial charge >= 0.3 is 0 Å². The van der Waals surface area contributed by atoms with Crippen LogP contribution in [-0.4, -0.2) is 17.0 Å². The second kappa shape index (κ2) is 6.12. The Labute approximate surface area is 147 Å². The molecule has 0 spiro atoms. The Bertz CT molecular complexity index is 575. The van der Waals surface area contributed by atoms with E-state index in [0.29, 0.717) is 23.7 Å². The summed E-state index contributed by atoms with van der Waals surface area (Å²) in [5, 5.41) is 10.5. The van der Waals surface area contributed by atoms with Crippen molar-refractivity contribution in [1.82, 2.24) is 0 Å². The quantitative estimate of drug-likeness (QED) is 0.684. The van der Waals surface area contributed by atoms with Crippen molar-refractivity contribution < 1.29 is 9.90 Å². The number of fused-ring (bicyclic) bond motifs is 5. The molecular weight excluding hydrogens is 296 g/mol. The lowest BCUT2D eigenvalue weighted by atomic mass is 9.47. The molecule has 0 saturated heterocycles. The molecule has 24 heavy (non-hydrogen) atoms. The smallest absolute Gasteiger partial charge is 0.178 e. The Morgan fingerprint density at radius 1 is 1.12 bits per heavy atom. The molecule has 1 N–H and O–H groups in total. The van der Waals surface area contributed by atoms with Crippen molar-refractivity contribution in [3.63, 3.8) is 0 Å². The predicted octanol–water partition coefficient (Wildman–Crippen LogP) is 4.93. The summed E-state index contributed by atoms with van der Waals surface area (Å²) in [6.45, 7) is 11.0. The Hall–Kier alpha value is -0.890. The zero-order chi connectivity index (χ0) is 17.7. The summed E-state index contributed by atoms with van der Waals surface area (Å²) in [4.78, 5) is 11.8. The van der Waals surface area contributed by atoms with Gasteiger partial charge in [0.05, 0.1) is 6.10 Å². The molecule has 2 heteroatoms. The van der Waals surface area contributed by atoms with Crippen molar-refractivity contribution in [2.45, 2.75) is 72.8 Å². The van der Waals surface area contributed by atoms with E-state index in [1.807, 2.05) is 19.9 Å². The van der Waals surface area contributed by atoms with Crippen LogP contribution in [0.3, 0.4) is 0 Å². The largest absolute Gasteiger partial charge is 0.393 e. The predicted molar refractivity (Wildman–Crippen MR) is 98.5 cm³/mol. The van der Waals surface area contributed by atoms with Gasteiger partial charge in [-0.15, -0.1) is 0 Å². The molecule has 0 aromatic rings. The molecule has 3 saturated carbocycles. The molecule has 0 bridgehead atoms. The standard InChI is InChI=1S/C20H28O2.C2H6/c1-12-10-14-15-4-5-18(22)20(15,3)9-7-16(14)19(2)8-6-13(21)11-17(12)19;1-2/h6,8,11-12,14-16,18,22H,4-5,7,9-10H2,1-3H3;1-2H3/t12-,14?,15?,16?,18?,19?,20?;/m0./s1. The normalized spacial score (nSPS) is 49.3. The van der Waals surface area contributed by atoms with Gasteiger partial charge in [0, 0.05) is 5.41 Å². The lowest BCUT2D eigenvalue weighted by Crippen LogP contribution is -2.52. The first kappa shape index (κ1) is 17.9. The molecule has 4 aliphatic carbocycles. The zero-order valence-corrected chi connectivity index (χ0v) is 16.0. The number of hydrogen-bond donors (Lipinski definition) is 1. The molecular formula is C22H34O2. The van der Waals surface area contributed by atoms with Gasteiger partial charge in [0.15, 0.2) is 5.78 Å². The van der Waals surface area contributed by atoms with Crippen LogP contribution in [0, 0.1) is 34.5 Å². The highest BCUT2D eigenvalue weighted by Gasteiger charge is 2.59. The molecule has 0 aromatic heterocycles. The van der Waals surface area contributed by atoms with Crippen LogP contribution >= 0.6 is 0 Å². The number of rotatable bonds is 0. The molecule has 2 nitrogen and oxygen atoms in total. The van der Waals surface area contributed by atoms with Gasteiger partial charge in [0.1, 0.15) is 0 Å². The number of aliphatic hydroxyl groups excluding tert-OH is 1. The third-order valence-corrected chi connectivity index (χ3v) is 7.83. The lowest BCUT2D eigenvalue weighted by Gasteiger charge is -2.58. The Morgan fingerprint density at radius 2 is 1.83 bits per heavy atom. The Morgan fingerprint density at radius 3 is 2.54 bits per heavy atom. The van der Waals surface area contributed by atoms with Gasteiger partial charge in [0.25, 0.3) is 0 Å². The van der Waals surface area contributed by atoms with E-state index in [0.717, 1.165) is 12.8 Å². The summed E-state index contributed by atoms with van der Waals surface area (Å²) in [5.74, 6) is 2.65. The molecule has 3 fully saturated rings. The Balaban J connectivity index is 0.000000815. The van der Waals surface area contributed by atoms with Crippen molar-refractivity contribution >= 4 is 5.78 Å². The summed E-state index contributed by atoms with van der Waals surface area (Å²) in [7, 11) is 0. The second-order valence-electron chi connectivity index (χ2n) is 8.77.